The molecule has 168 valence electrons. The molecule has 10 heteroatoms. The van der Waals surface area contributed by atoms with Crippen LogP contribution in [0.1, 0.15) is 35.3 Å². The number of aryl methyl sites for hydroxylation is 1. The fourth-order valence-corrected chi connectivity index (χ4v) is 3.91. The number of hydrogen-bond acceptors (Lipinski definition) is 7. The summed E-state index contributed by atoms with van der Waals surface area (Å²) < 4.78 is 6.58. The molecule has 3 rings (SSSR count). The van der Waals surface area contributed by atoms with Crippen LogP contribution in [-0.2, 0) is 4.79 Å². The highest BCUT2D eigenvalue weighted by molar-refractivity contribution is 7.17. The Hall–Kier alpha value is -3.53. The quantitative estimate of drug-likeness (QED) is 0.587. The summed E-state index contributed by atoms with van der Waals surface area (Å²) in [5.41, 5.74) is 1.47. The predicted octanol–water partition coefficient (Wildman–Crippen LogP) is 2.98. The Kier molecular flexibility index (Phi) is 7.04. The number of carbonyl (C=O) groups is 2. The van der Waals surface area contributed by atoms with Crippen LogP contribution >= 0.6 is 11.3 Å². The lowest BCUT2D eigenvalue weighted by atomic mass is 10.1. The number of amides is 2. The highest BCUT2D eigenvalue weighted by atomic mass is 32.1. The van der Waals surface area contributed by atoms with Crippen molar-refractivity contribution in [3.8, 4) is 17.0 Å². The number of anilines is 1. The summed E-state index contributed by atoms with van der Waals surface area (Å²) in [5.74, 6) is 0.0960. The van der Waals surface area contributed by atoms with Gasteiger partial charge in [-0.05, 0) is 51.1 Å². The summed E-state index contributed by atoms with van der Waals surface area (Å²) in [6.07, 6.45) is 0. The lowest BCUT2D eigenvalue weighted by molar-refractivity contribution is -0.119. The van der Waals surface area contributed by atoms with Gasteiger partial charge in [-0.15, -0.1) is 0 Å². The Morgan fingerprint density at radius 1 is 1.19 bits per heavy atom. The second kappa shape index (κ2) is 9.73. The third-order valence-corrected chi connectivity index (χ3v) is 5.72. The summed E-state index contributed by atoms with van der Waals surface area (Å²) in [5, 5.41) is 7.36. The lowest BCUT2D eigenvalue weighted by Gasteiger charge is -2.14. The molecule has 1 atom stereocenters. The first-order chi connectivity index (χ1) is 15.2. The number of nitrogens with one attached hydrogen (secondary N) is 1. The van der Waals surface area contributed by atoms with Gasteiger partial charge in [0.15, 0.2) is 5.13 Å². The molecule has 0 saturated heterocycles. The summed E-state index contributed by atoms with van der Waals surface area (Å²) in [6.45, 7) is 5.76. The summed E-state index contributed by atoms with van der Waals surface area (Å²) in [4.78, 5) is 43.6. The topological polar surface area (TPSA) is 106 Å². The molecule has 1 N–H and O–H groups in total. The third kappa shape index (κ3) is 5.02. The van der Waals surface area contributed by atoms with E-state index in [9.17, 15) is 14.4 Å². The van der Waals surface area contributed by atoms with E-state index in [4.69, 9.17) is 4.74 Å². The molecule has 1 aromatic carbocycles. The van der Waals surface area contributed by atoms with E-state index in [2.05, 4.69) is 15.4 Å². The zero-order chi connectivity index (χ0) is 23.4. The van der Waals surface area contributed by atoms with Gasteiger partial charge in [-0.25, -0.2) is 9.67 Å². The number of benzene rings is 1. The summed E-state index contributed by atoms with van der Waals surface area (Å²) in [6, 6.07) is 9.44. The van der Waals surface area contributed by atoms with Crippen molar-refractivity contribution in [1.29, 1.82) is 0 Å². The molecular weight excluding hydrogens is 430 g/mol. The lowest BCUT2D eigenvalue weighted by Crippen LogP contribution is -2.33. The summed E-state index contributed by atoms with van der Waals surface area (Å²) >= 11 is 1.09. The largest absolute Gasteiger partial charge is 0.494 e. The molecule has 3 aromatic rings. The maximum absolute atomic E-state index is 12.8. The normalized spacial score (nSPS) is 11.7. The Labute approximate surface area is 189 Å². The highest BCUT2D eigenvalue weighted by Crippen LogP contribution is 2.25. The van der Waals surface area contributed by atoms with Crippen LogP contribution in [0.2, 0.25) is 0 Å². The van der Waals surface area contributed by atoms with Gasteiger partial charge in [-0.1, -0.05) is 11.3 Å². The number of thiazole rings is 1. The first-order valence-electron chi connectivity index (χ1n) is 10.0. The molecular formula is C22H25N5O4S. The Morgan fingerprint density at radius 2 is 1.88 bits per heavy atom. The second-order valence-corrected chi connectivity index (χ2v) is 8.26. The highest BCUT2D eigenvalue weighted by Gasteiger charge is 2.22. The Bertz CT molecular complexity index is 1180. The number of hydrogen-bond donors (Lipinski definition) is 1. The van der Waals surface area contributed by atoms with Crippen LogP contribution < -0.4 is 15.6 Å². The van der Waals surface area contributed by atoms with E-state index in [0.717, 1.165) is 27.3 Å². The molecule has 0 spiro atoms. The van der Waals surface area contributed by atoms with Crippen molar-refractivity contribution in [2.24, 2.45) is 0 Å². The maximum Gasteiger partial charge on any atom is 0.267 e. The van der Waals surface area contributed by atoms with Crippen LogP contribution in [0.15, 0.2) is 41.2 Å². The fourth-order valence-electron chi connectivity index (χ4n) is 2.92. The van der Waals surface area contributed by atoms with Gasteiger partial charge >= 0.3 is 0 Å². The van der Waals surface area contributed by atoms with E-state index >= 15 is 0 Å². The minimum atomic E-state index is -0.887. The van der Waals surface area contributed by atoms with Crippen LogP contribution in [0, 0.1) is 6.92 Å². The average Bonchev–Trinajstić information content (AvgIpc) is 3.13. The minimum Gasteiger partial charge on any atom is -0.494 e. The van der Waals surface area contributed by atoms with Gasteiger partial charge in [0.1, 0.15) is 16.7 Å². The standard InChI is InChI=1S/C22H25N5O4S/c1-6-31-16-9-7-15(8-10-16)17-11-12-18(28)27(25-17)14(3)20(29)24-22-23-13(2)19(32-22)21(30)26(4)5/h7-12,14H,6H2,1-5H3,(H,23,24,29). The molecule has 2 aromatic heterocycles. The molecule has 0 aliphatic rings. The SMILES string of the molecule is CCOc1ccc(-c2ccc(=O)n(C(C)C(=O)Nc3nc(C)c(C(=O)N(C)C)s3)n2)cc1. The van der Waals surface area contributed by atoms with Crippen LogP contribution in [-0.4, -0.2) is 52.2 Å². The molecule has 0 aliphatic carbocycles. The molecule has 2 amide bonds. The minimum absolute atomic E-state index is 0.186. The first-order valence-corrected chi connectivity index (χ1v) is 10.9. The van der Waals surface area contributed by atoms with Crippen molar-refractivity contribution in [2.75, 3.05) is 26.0 Å². The van der Waals surface area contributed by atoms with Gasteiger partial charge < -0.3 is 15.0 Å². The molecule has 2 heterocycles. The van der Waals surface area contributed by atoms with Gasteiger partial charge in [0, 0.05) is 25.7 Å². The number of rotatable bonds is 7. The van der Waals surface area contributed by atoms with Crippen LogP contribution in [0.5, 0.6) is 5.75 Å². The first kappa shape index (κ1) is 23.1. The van der Waals surface area contributed by atoms with Crippen molar-refractivity contribution < 1.29 is 14.3 Å². The van der Waals surface area contributed by atoms with E-state index in [0.29, 0.717) is 28.0 Å². The smallest absolute Gasteiger partial charge is 0.267 e. The van der Waals surface area contributed by atoms with Crippen molar-refractivity contribution in [3.05, 3.63) is 57.3 Å². The van der Waals surface area contributed by atoms with E-state index in [1.807, 2.05) is 31.2 Å². The second-order valence-electron chi connectivity index (χ2n) is 7.26. The van der Waals surface area contributed by atoms with E-state index in [1.165, 1.54) is 11.0 Å². The Balaban J connectivity index is 1.81. The monoisotopic (exact) mass is 455 g/mol. The van der Waals surface area contributed by atoms with Crippen molar-refractivity contribution in [3.63, 3.8) is 0 Å². The molecule has 0 saturated carbocycles. The van der Waals surface area contributed by atoms with Crippen molar-refractivity contribution >= 4 is 28.3 Å². The van der Waals surface area contributed by atoms with Crippen molar-refractivity contribution in [2.45, 2.75) is 26.8 Å². The third-order valence-electron chi connectivity index (χ3n) is 4.66. The van der Waals surface area contributed by atoms with Gasteiger partial charge in [-0.3, -0.25) is 14.4 Å². The van der Waals surface area contributed by atoms with Gasteiger partial charge in [-0.2, -0.15) is 5.10 Å². The van der Waals surface area contributed by atoms with Crippen molar-refractivity contribution in [1.82, 2.24) is 19.7 Å². The Morgan fingerprint density at radius 3 is 2.50 bits per heavy atom. The number of carbonyl (C=O) groups excluding carboxylic acids is 2. The van der Waals surface area contributed by atoms with E-state index in [1.54, 1.807) is 34.0 Å². The summed E-state index contributed by atoms with van der Waals surface area (Å²) in [7, 11) is 3.30. The molecule has 1 unspecified atom stereocenters. The van der Waals surface area contributed by atoms with Crippen LogP contribution in [0.3, 0.4) is 0 Å². The number of aromatic nitrogens is 3. The molecule has 0 fully saturated rings. The average molecular weight is 456 g/mol. The van der Waals surface area contributed by atoms with E-state index < -0.39 is 17.5 Å². The zero-order valence-electron chi connectivity index (χ0n) is 18.6. The van der Waals surface area contributed by atoms with Gasteiger partial charge in [0.25, 0.3) is 17.4 Å². The van der Waals surface area contributed by atoms with Crippen LogP contribution in [0.25, 0.3) is 11.3 Å². The van der Waals surface area contributed by atoms with Crippen LogP contribution in [0.4, 0.5) is 5.13 Å². The van der Waals surface area contributed by atoms with Gasteiger partial charge in [0.05, 0.1) is 18.0 Å². The zero-order valence-corrected chi connectivity index (χ0v) is 19.4. The maximum atomic E-state index is 12.8. The predicted molar refractivity (Wildman–Crippen MR) is 123 cm³/mol. The molecule has 0 bridgehead atoms. The molecule has 9 nitrogen and oxygen atoms in total. The number of nitrogens with zero attached hydrogens (tertiary/aromatic N) is 4. The number of ether oxygens (including phenoxy) is 1. The fraction of sp³-hybridized carbons (Fsp3) is 0.318. The van der Waals surface area contributed by atoms with Gasteiger partial charge in [0.2, 0.25) is 0 Å². The molecule has 0 aliphatic heterocycles. The molecule has 32 heavy (non-hydrogen) atoms. The van der Waals surface area contributed by atoms with E-state index in [-0.39, 0.29) is 5.91 Å². The molecule has 0 radical (unpaired) electrons.